The molecule has 0 spiro atoms. The number of rotatable bonds is 5. The van der Waals surface area contributed by atoms with Crippen LogP contribution in [0.3, 0.4) is 0 Å². The molecule has 1 aromatic carbocycles. The van der Waals surface area contributed by atoms with Gasteiger partial charge in [0.05, 0.1) is 12.8 Å². The Morgan fingerprint density at radius 3 is 2.75 bits per heavy atom. The van der Waals surface area contributed by atoms with Crippen LogP contribution in [0.15, 0.2) is 34.9 Å². The highest BCUT2D eigenvalue weighted by Gasteiger charge is 2.08. The lowest BCUT2D eigenvalue weighted by Crippen LogP contribution is -2.15. The van der Waals surface area contributed by atoms with Crippen molar-refractivity contribution >= 4 is 15.9 Å². The average molecular weight is 335 g/mol. The van der Waals surface area contributed by atoms with Crippen LogP contribution in [-0.2, 0) is 13.1 Å². The molecule has 0 saturated heterocycles. The molecular weight excluding hydrogens is 316 g/mol. The maximum atomic E-state index is 5.42. The molecule has 0 aliphatic rings. The van der Waals surface area contributed by atoms with E-state index in [2.05, 4.69) is 45.3 Å². The van der Waals surface area contributed by atoms with Crippen LogP contribution in [-0.4, -0.2) is 12.1 Å². The Morgan fingerprint density at radius 2 is 2.05 bits per heavy atom. The molecule has 0 atom stereocenters. The number of nitrogens with zero attached hydrogens (tertiary/aromatic N) is 1. The molecule has 20 heavy (non-hydrogen) atoms. The molecule has 1 N–H and O–H groups in total. The van der Waals surface area contributed by atoms with Gasteiger partial charge in [-0.1, -0.05) is 28.1 Å². The van der Waals surface area contributed by atoms with Gasteiger partial charge < -0.3 is 10.1 Å². The lowest BCUT2D eigenvalue weighted by molar-refractivity contribution is 0.406. The number of hydrogen-bond acceptors (Lipinski definition) is 3. The summed E-state index contributed by atoms with van der Waals surface area (Å²) in [4.78, 5) is 4.48. The van der Waals surface area contributed by atoms with Crippen molar-refractivity contribution in [1.82, 2.24) is 10.3 Å². The number of benzene rings is 1. The molecule has 0 aliphatic carbocycles. The molecule has 0 aliphatic heterocycles. The van der Waals surface area contributed by atoms with E-state index in [1.54, 1.807) is 7.11 Å². The predicted octanol–water partition coefficient (Wildman–Crippen LogP) is 3.76. The number of ether oxygens (including phenoxy) is 1. The fraction of sp³-hybridized carbons (Fsp3) is 0.312. The first-order chi connectivity index (χ1) is 9.61. The molecule has 1 heterocycles. The maximum Gasteiger partial charge on any atom is 0.128 e. The first-order valence-electron chi connectivity index (χ1n) is 6.56. The fourth-order valence-electron chi connectivity index (χ4n) is 2.22. The highest BCUT2D eigenvalue weighted by Crippen LogP contribution is 2.23. The van der Waals surface area contributed by atoms with Crippen LogP contribution in [0.25, 0.3) is 0 Å². The lowest BCUT2D eigenvalue weighted by Gasteiger charge is -2.13. The highest BCUT2D eigenvalue weighted by molar-refractivity contribution is 9.10. The van der Waals surface area contributed by atoms with E-state index < -0.39 is 0 Å². The summed E-state index contributed by atoms with van der Waals surface area (Å²) >= 11 is 3.48. The van der Waals surface area contributed by atoms with E-state index in [-0.39, 0.29) is 0 Å². The van der Waals surface area contributed by atoms with Crippen LogP contribution < -0.4 is 10.1 Å². The minimum absolute atomic E-state index is 0.731. The Kier molecular flexibility index (Phi) is 5.15. The molecule has 106 valence electrons. The molecule has 1 aromatic heterocycles. The van der Waals surface area contributed by atoms with Crippen LogP contribution in [0.5, 0.6) is 5.75 Å². The molecule has 2 aromatic rings. The van der Waals surface area contributed by atoms with E-state index in [1.165, 1.54) is 5.56 Å². The second-order valence-corrected chi connectivity index (χ2v) is 5.70. The number of aromatic nitrogens is 1. The Morgan fingerprint density at radius 1 is 1.25 bits per heavy atom. The van der Waals surface area contributed by atoms with E-state index in [0.29, 0.717) is 0 Å². The van der Waals surface area contributed by atoms with Gasteiger partial charge >= 0.3 is 0 Å². The summed E-state index contributed by atoms with van der Waals surface area (Å²) in [5.74, 6) is 0.930. The molecule has 0 unspecified atom stereocenters. The van der Waals surface area contributed by atoms with Crippen LogP contribution in [0.1, 0.15) is 22.4 Å². The van der Waals surface area contributed by atoms with Gasteiger partial charge in [0.2, 0.25) is 0 Å². The van der Waals surface area contributed by atoms with Gasteiger partial charge in [0.15, 0.2) is 0 Å². The van der Waals surface area contributed by atoms with Crippen molar-refractivity contribution in [3.63, 3.8) is 0 Å². The van der Waals surface area contributed by atoms with Gasteiger partial charge in [-0.05, 0) is 31.5 Å². The number of methoxy groups -OCH3 is 1. The van der Waals surface area contributed by atoms with Crippen molar-refractivity contribution < 1.29 is 4.74 Å². The summed E-state index contributed by atoms with van der Waals surface area (Å²) in [7, 11) is 1.70. The molecule has 3 nitrogen and oxygen atoms in total. The standard InChI is InChI=1S/C16H19BrN2O/c1-11-8-19-15(12(2)16(11)20-3)10-18-9-13-5-4-6-14(17)7-13/h4-8,18H,9-10H2,1-3H3. The van der Waals surface area contributed by atoms with Crippen LogP contribution in [0, 0.1) is 13.8 Å². The summed E-state index contributed by atoms with van der Waals surface area (Å²) < 4.78 is 6.52. The van der Waals surface area contributed by atoms with E-state index in [9.17, 15) is 0 Å². The summed E-state index contributed by atoms with van der Waals surface area (Å²) in [6, 6.07) is 8.29. The van der Waals surface area contributed by atoms with Crippen LogP contribution in [0.2, 0.25) is 0 Å². The number of hydrogen-bond donors (Lipinski definition) is 1. The largest absolute Gasteiger partial charge is 0.496 e. The van der Waals surface area contributed by atoms with Crippen molar-refractivity contribution in [2.45, 2.75) is 26.9 Å². The summed E-state index contributed by atoms with van der Waals surface area (Å²) in [5.41, 5.74) is 4.45. The van der Waals surface area contributed by atoms with Gasteiger partial charge in [-0.3, -0.25) is 4.98 Å². The molecule has 0 saturated carbocycles. The zero-order chi connectivity index (χ0) is 14.5. The van der Waals surface area contributed by atoms with Crippen LogP contribution in [0.4, 0.5) is 0 Å². The smallest absolute Gasteiger partial charge is 0.128 e. The Bertz CT molecular complexity index is 599. The summed E-state index contributed by atoms with van der Waals surface area (Å²) in [6.45, 7) is 5.61. The van der Waals surface area contributed by atoms with Gasteiger partial charge in [-0.25, -0.2) is 0 Å². The van der Waals surface area contributed by atoms with E-state index in [0.717, 1.165) is 40.1 Å². The molecule has 4 heteroatoms. The molecule has 2 rings (SSSR count). The Balaban J connectivity index is 2.01. The van der Waals surface area contributed by atoms with Crippen molar-refractivity contribution in [1.29, 1.82) is 0 Å². The van der Waals surface area contributed by atoms with Crippen molar-refractivity contribution in [3.8, 4) is 5.75 Å². The topological polar surface area (TPSA) is 34.1 Å². The normalized spacial score (nSPS) is 10.6. The minimum Gasteiger partial charge on any atom is -0.496 e. The highest BCUT2D eigenvalue weighted by atomic mass is 79.9. The third-order valence-corrected chi connectivity index (χ3v) is 3.75. The van der Waals surface area contributed by atoms with Gasteiger partial charge in [0.1, 0.15) is 5.75 Å². The first-order valence-corrected chi connectivity index (χ1v) is 7.35. The maximum absolute atomic E-state index is 5.42. The third kappa shape index (κ3) is 3.58. The number of aryl methyl sites for hydroxylation is 1. The SMILES string of the molecule is COc1c(C)cnc(CNCc2cccc(Br)c2)c1C. The van der Waals surface area contributed by atoms with Gasteiger partial charge in [0.25, 0.3) is 0 Å². The minimum atomic E-state index is 0.731. The fourth-order valence-corrected chi connectivity index (χ4v) is 2.67. The van der Waals surface area contributed by atoms with Gasteiger partial charge in [-0.2, -0.15) is 0 Å². The van der Waals surface area contributed by atoms with E-state index >= 15 is 0 Å². The molecule has 0 fully saturated rings. The van der Waals surface area contributed by atoms with Crippen molar-refractivity contribution in [2.75, 3.05) is 7.11 Å². The van der Waals surface area contributed by atoms with Crippen molar-refractivity contribution in [2.24, 2.45) is 0 Å². The predicted molar refractivity (Wildman–Crippen MR) is 84.9 cm³/mol. The number of halogens is 1. The third-order valence-electron chi connectivity index (χ3n) is 3.26. The van der Waals surface area contributed by atoms with E-state index in [1.807, 2.05) is 25.3 Å². The Labute approximate surface area is 128 Å². The number of nitrogens with one attached hydrogen (secondary N) is 1. The molecule has 0 bridgehead atoms. The van der Waals surface area contributed by atoms with Gasteiger partial charge in [-0.15, -0.1) is 0 Å². The van der Waals surface area contributed by atoms with E-state index in [4.69, 9.17) is 4.74 Å². The molecule has 0 amide bonds. The quantitative estimate of drug-likeness (QED) is 0.903. The Hall–Kier alpha value is -1.39. The van der Waals surface area contributed by atoms with Crippen molar-refractivity contribution in [3.05, 3.63) is 57.3 Å². The van der Waals surface area contributed by atoms with Gasteiger partial charge in [0, 0.05) is 34.9 Å². The number of pyridine rings is 1. The second kappa shape index (κ2) is 6.86. The molecule has 0 radical (unpaired) electrons. The summed E-state index contributed by atoms with van der Waals surface area (Å²) in [5, 5.41) is 3.42. The lowest BCUT2D eigenvalue weighted by atomic mass is 10.1. The molecular formula is C16H19BrN2O. The van der Waals surface area contributed by atoms with Crippen LogP contribution >= 0.6 is 15.9 Å². The zero-order valence-corrected chi connectivity index (χ0v) is 13.6. The second-order valence-electron chi connectivity index (χ2n) is 4.78. The average Bonchev–Trinajstić information content (AvgIpc) is 2.42. The summed E-state index contributed by atoms with van der Waals surface area (Å²) in [6.07, 6.45) is 1.86. The first kappa shape index (κ1) is 15.0. The zero-order valence-electron chi connectivity index (χ0n) is 12.0. The monoisotopic (exact) mass is 334 g/mol.